The number of fused-ring (bicyclic) bond motifs is 3. The molecule has 122 valence electrons. The first-order chi connectivity index (χ1) is 11.6. The molecule has 0 radical (unpaired) electrons. The zero-order chi connectivity index (χ0) is 16.8. The molecule has 1 aromatic carbocycles. The fraction of sp³-hybridized carbons (Fsp3) is 0.211. The number of phenolic OH excluding ortho intramolecular Hbond substituents is 1. The number of methoxy groups -OCH3 is 2. The summed E-state index contributed by atoms with van der Waals surface area (Å²) in [6, 6.07) is 3.53. The highest BCUT2D eigenvalue weighted by Gasteiger charge is 2.27. The standard InChI is InChI=1S/C19H17NO4/c1-23-18-8-12-5-15-14-9-19(24-2)16(21)6-11(14)3-4-20(15)10-13(12)7-17(18)22/h5-10,22H,3-4H2,1-2H3. The van der Waals surface area contributed by atoms with Gasteiger partial charge in [0.2, 0.25) is 5.78 Å². The van der Waals surface area contributed by atoms with E-state index in [1.165, 1.54) is 14.2 Å². The molecular formula is C19H17NO4. The molecule has 1 aromatic rings. The fourth-order valence-corrected chi connectivity index (χ4v) is 3.33. The number of carbonyl (C=O) groups is 1. The molecule has 0 aromatic heterocycles. The number of ketones is 1. The third-order valence-corrected chi connectivity index (χ3v) is 4.57. The van der Waals surface area contributed by atoms with Gasteiger partial charge in [-0.25, -0.2) is 0 Å². The van der Waals surface area contributed by atoms with Crippen LogP contribution in [0.1, 0.15) is 6.42 Å². The van der Waals surface area contributed by atoms with Gasteiger partial charge in [-0.05, 0) is 47.6 Å². The first-order valence-electron chi connectivity index (χ1n) is 7.73. The van der Waals surface area contributed by atoms with Crippen LogP contribution >= 0.6 is 0 Å². The average Bonchev–Trinajstić information content (AvgIpc) is 2.58. The van der Waals surface area contributed by atoms with Crippen LogP contribution in [-0.4, -0.2) is 36.6 Å². The second-order valence-electron chi connectivity index (χ2n) is 5.92. The molecule has 1 N–H and O–H groups in total. The van der Waals surface area contributed by atoms with Crippen molar-refractivity contribution in [2.75, 3.05) is 20.8 Å². The van der Waals surface area contributed by atoms with Crippen LogP contribution in [0.4, 0.5) is 0 Å². The van der Waals surface area contributed by atoms with E-state index in [1.807, 2.05) is 18.3 Å². The minimum atomic E-state index is -0.0860. The summed E-state index contributed by atoms with van der Waals surface area (Å²) in [4.78, 5) is 14.1. The number of aromatic hydroxyl groups is 1. The van der Waals surface area contributed by atoms with E-state index in [4.69, 9.17) is 9.47 Å². The molecule has 0 atom stereocenters. The summed E-state index contributed by atoms with van der Waals surface area (Å²) in [7, 11) is 3.04. The highest BCUT2D eigenvalue weighted by Crippen LogP contribution is 2.34. The highest BCUT2D eigenvalue weighted by atomic mass is 16.5. The van der Waals surface area contributed by atoms with E-state index in [9.17, 15) is 9.90 Å². The Hall–Kier alpha value is -2.95. The van der Waals surface area contributed by atoms with Gasteiger partial charge < -0.3 is 19.5 Å². The molecule has 24 heavy (non-hydrogen) atoms. The lowest BCUT2D eigenvalue weighted by molar-refractivity contribution is -0.114. The van der Waals surface area contributed by atoms with Gasteiger partial charge in [-0.1, -0.05) is 0 Å². The lowest BCUT2D eigenvalue weighted by Crippen LogP contribution is -2.37. The van der Waals surface area contributed by atoms with Crippen molar-refractivity contribution >= 4 is 18.1 Å². The zero-order valence-corrected chi connectivity index (χ0v) is 13.5. The van der Waals surface area contributed by atoms with Crippen LogP contribution in [0.2, 0.25) is 0 Å². The summed E-state index contributed by atoms with van der Waals surface area (Å²) >= 11 is 0. The van der Waals surface area contributed by atoms with Crippen LogP contribution in [0, 0.1) is 0 Å². The minimum Gasteiger partial charge on any atom is -0.504 e. The van der Waals surface area contributed by atoms with Crippen molar-refractivity contribution in [2.24, 2.45) is 0 Å². The van der Waals surface area contributed by atoms with Crippen molar-refractivity contribution in [2.45, 2.75) is 6.42 Å². The maximum atomic E-state index is 12.0. The summed E-state index contributed by atoms with van der Waals surface area (Å²) in [5, 5.41) is 11.9. The van der Waals surface area contributed by atoms with Gasteiger partial charge in [0, 0.05) is 29.2 Å². The van der Waals surface area contributed by atoms with E-state index in [1.54, 1.807) is 12.1 Å². The largest absolute Gasteiger partial charge is 0.504 e. The van der Waals surface area contributed by atoms with Crippen LogP contribution < -0.4 is 15.2 Å². The Morgan fingerprint density at radius 1 is 1.08 bits per heavy atom. The monoisotopic (exact) mass is 323 g/mol. The number of ether oxygens (including phenoxy) is 2. The summed E-state index contributed by atoms with van der Waals surface area (Å²) < 4.78 is 10.4. The second kappa shape index (κ2) is 5.30. The summed E-state index contributed by atoms with van der Waals surface area (Å²) in [6.45, 7) is 0.789. The number of benzene rings is 1. The number of phenols is 1. The molecule has 0 saturated carbocycles. The Morgan fingerprint density at radius 3 is 2.67 bits per heavy atom. The molecular weight excluding hydrogens is 306 g/mol. The van der Waals surface area contributed by atoms with Crippen LogP contribution in [0.3, 0.4) is 0 Å². The quantitative estimate of drug-likeness (QED) is 0.877. The SMILES string of the molecule is COC1=CC2=C3C=c4cc(OC)c(O)cc4=CN3CCC2=CC1=O. The highest BCUT2D eigenvalue weighted by molar-refractivity contribution is 6.05. The molecule has 4 rings (SSSR count). The van der Waals surface area contributed by atoms with Gasteiger partial charge in [0.25, 0.3) is 0 Å². The first kappa shape index (κ1) is 14.6. The number of nitrogens with zero attached hydrogens (tertiary/aromatic N) is 1. The zero-order valence-electron chi connectivity index (χ0n) is 13.5. The molecule has 0 fully saturated rings. The van der Waals surface area contributed by atoms with E-state index < -0.39 is 0 Å². The average molecular weight is 323 g/mol. The van der Waals surface area contributed by atoms with E-state index in [0.29, 0.717) is 11.5 Å². The molecule has 5 nitrogen and oxygen atoms in total. The van der Waals surface area contributed by atoms with Crippen LogP contribution in [0.25, 0.3) is 12.3 Å². The molecule has 2 aliphatic heterocycles. The van der Waals surface area contributed by atoms with Gasteiger partial charge in [-0.2, -0.15) is 0 Å². The maximum Gasteiger partial charge on any atom is 0.220 e. The molecule has 0 amide bonds. The second-order valence-corrected chi connectivity index (χ2v) is 5.92. The van der Waals surface area contributed by atoms with Crippen LogP contribution in [-0.2, 0) is 9.53 Å². The van der Waals surface area contributed by atoms with Crippen molar-refractivity contribution < 1.29 is 19.4 Å². The third kappa shape index (κ3) is 2.12. The van der Waals surface area contributed by atoms with Crippen LogP contribution in [0.5, 0.6) is 11.5 Å². The number of carbonyl (C=O) groups excluding carboxylic acids is 1. The molecule has 2 heterocycles. The van der Waals surface area contributed by atoms with Gasteiger partial charge in [0.1, 0.15) is 0 Å². The van der Waals surface area contributed by atoms with Gasteiger partial charge in [0.15, 0.2) is 17.3 Å². The van der Waals surface area contributed by atoms with E-state index in [2.05, 4.69) is 11.0 Å². The van der Waals surface area contributed by atoms with Crippen molar-refractivity contribution in [1.29, 1.82) is 0 Å². The lowest BCUT2D eigenvalue weighted by atomic mass is 9.89. The van der Waals surface area contributed by atoms with Gasteiger partial charge in [-0.15, -0.1) is 0 Å². The van der Waals surface area contributed by atoms with Crippen molar-refractivity contribution in [3.05, 3.63) is 57.3 Å². The molecule has 0 saturated heterocycles. The van der Waals surface area contributed by atoms with E-state index in [-0.39, 0.29) is 11.5 Å². The number of allylic oxidation sites excluding steroid dienone is 4. The van der Waals surface area contributed by atoms with Gasteiger partial charge in [-0.3, -0.25) is 4.79 Å². The molecule has 0 unspecified atom stereocenters. The maximum absolute atomic E-state index is 12.0. The molecule has 0 bridgehead atoms. The van der Waals surface area contributed by atoms with Crippen LogP contribution in [0.15, 0.2) is 46.9 Å². The molecule has 1 aliphatic carbocycles. The predicted molar refractivity (Wildman–Crippen MR) is 89.4 cm³/mol. The van der Waals surface area contributed by atoms with Gasteiger partial charge >= 0.3 is 0 Å². The summed E-state index contributed by atoms with van der Waals surface area (Å²) in [5.41, 5.74) is 3.06. The molecule has 5 heteroatoms. The van der Waals surface area contributed by atoms with Crippen molar-refractivity contribution in [3.63, 3.8) is 0 Å². The number of hydrogen-bond donors (Lipinski definition) is 1. The van der Waals surface area contributed by atoms with E-state index in [0.717, 1.165) is 40.2 Å². The normalized spacial score (nSPS) is 18.4. The fourth-order valence-electron chi connectivity index (χ4n) is 3.33. The predicted octanol–water partition coefficient (Wildman–Crippen LogP) is 0.932. The third-order valence-electron chi connectivity index (χ3n) is 4.57. The summed E-state index contributed by atoms with van der Waals surface area (Å²) in [6.07, 6.45) is 8.34. The van der Waals surface area contributed by atoms with Crippen molar-refractivity contribution in [1.82, 2.24) is 4.90 Å². The molecule has 3 aliphatic rings. The smallest absolute Gasteiger partial charge is 0.220 e. The Morgan fingerprint density at radius 2 is 1.92 bits per heavy atom. The van der Waals surface area contributed by atoms with Gasteiger partial charge in [0.05, 0.1) is 14.2 Å². The Labute approximate surface area is 139 Å². The number of hydrogen-bond acceptors (Lipinski definition) is 5. The first-order valence-corrected chi connectivity index (χ1v) is 7.73. The Kier molecular flexibility index (Phi) is 3.23. The van der Waals surface area contributed by atoms with E-state index >= 15 is 0 Å². The lowest BCUT2D eigenvalue weighted by Gasteiger charge is -2.33. The molecule has 0 spiro atoms. The topological polar surface area (TPSA) is 59.0 Å². The minimum absolute atomic E-state index is 0.0860. The Bertz CT molecular complexity index is 966. The Balaban J connectivity index is 1.96. The summed E-state index contributed by atoms with van der Waals surface area (Å²) in [5.74, 6) is 0.832. The number of rotatable bonds is 2. The van der Waals surface area contributed by atoms with Crippen molar-refractivity contribution in [3.8, 4) is 11.5 Å².